The molecule has 0 spiro atoms. The fourth-order valence-corrected chi connectivity index (χ4v) is 3.43. The molecule has 4 nitrogen and oxygen atoms in total. The van der Waals surface area contributed by atoms with Crippen molar-refractivity contribution in [3.05, 3.63) is 29.8 Å². The van der Waals surface area contributed by atoms with Crippen LogP contribution in [-0.2, 0) is 16.6 Å². The predicted octanol–water partition coefficient (Wildman–Crippen LogP) is 1.40. The summed E-state index contributed by atoms with van der Waals surface area (Å²) < 4.78 is 26.9. The van der Waals surface area contributed by atoms with Crippen LogP contribution < -0.4 is 4.72 Å². The summed E-state index contributed by atoms with van der Waals surface area (Å²) in [6, 6.07) is 6.29. The lowest BCUT2D eigenvalue weighted by Crippen LogP contribution is -2.50. The fourth-order valence-electron chi connectivity index (χ4n) is 1.97. The molecule has 0 heterocycles. The molecule has 0 radical (unpaired) electrons. The Kier molecular flexibility index (Phi) is 3.25. The Morgan fingerprint density at radius 2 is 1.88 bits per heavy atom. The van der Waals surface area contributed by atoms with Crippen LogP contribution in [0.5, 0.6) is 0 Å². The topological polar surface area (TPSA) is 66.4 Å². The molecule has 0 aromatic heterocycles. The van der Waals surface area contributed by atoms with Crippen molar-refractivity contribution < 1.29 is 13.5 Å². The van der Waals surface area contributed by atoms with Gasteiger partial charge in [0.1, 0.15) is 0 Å². The number of nitrogens with one attached hydrogen (secondary N) is 1. The van der Waals surface area contributed by atoms with Gasteiger partial charge < -0.3 is 5.11 Å². The lowest BCUT2D eigenvalue weighted by Gasteiger charge is -2.38. The summed E-state index contributed by atoms with van der Waals surface area (Å²) in [7, 11) is -3.44. The summed E-state index contributed by atoms with van der Waals surface area (Å²) in [5.74, 6) is 0. The number of benzene rings is 1. The van der Waals surface area contributed by atoms with Crippen molar-refractivity contribution in [3.63, 3.8) is 0 Å². The molecule has 0 unspecified atom stereocenters. The van der Waals surface area contributed by atoms with Gasteiger partial charge in [0.25, 0.3) is 0 Å². The van der Waals surface area contributed by atoms with Gasteiger partial charge >= 0.3 is 0 Å². The summed E-state index contributed by atoms with van der Waals surface area (Å²) in [6.45, 7) is 1.85. The summed E-state index contributed by atoms with van der Waals surface area (Å²) in [6.07, 6.45) is 2.85. The Hall–Kier alpha value is -0.910. The van der Waals surface area contributed by atoms with Crippen molar-refractivity contribution in [1.29, 1.82) is 0 Å². The highest BCUT2D eigenvalue weighted by Crippen LogP contribution is 2.32. The van der Waals surface area contributed by atoms with Crippen LogP contribution in [-0.4, -0.2) is 19.1 Å². The molecular weight excluding hydrogens is 238 g/mol. The Bertz CT molecular complexity index is 489. The zero-order valence-corrected chi connectivity index (χ0v) is 10.6. The van der Waals surface area contributed by atoms with Crippen LogP contribution in [0.2, 0.25) is 0 Å². The first kappa shape index (κ1) is 12.5. The molecular formula is C12H17NO3S. The smallest absolute Gasteiger partial charge is 0.241 e. The molecule has 0 saturated heterocycles. The number of hydrogen-bond donors (Lipinski definition) is 2. The van der Waals surface area contributed by atoms with E-state index in [2.05, 4.69) is 4.72 Å². The van der Waals surface area contributed by atoms with Crippen molar-refractivity contribution >= 4 is 10.0 Å². The van der Waals surface area contributed by atoms with Gasteiger partial charge in [0.2, 0.25) is 10.0 Å². The van der Waals surface area contributed by atoms with E-state index >= 15 is 0 Å². The third-order valence-electron chi connectivity index (χ3n) is 3.25. The van der Waals surface area contributed by atoms with Gasteiger partial charge in [-0.3, -0.25) is 0 Å². The summed E-state index contributed by atoms with van der Waals surface area (Å²) in [5.41, 5.74) is 0.424. The highest BCUT2D eigenvalue weighted by atomic mass is 32.2. The molecule has 1 aliphatic carbocycles. The van der Waals surface area contributed by atoms with E-state index in [1.165, 1.54) is 12.1 Å². The van der Waals surface area contributed by atoms with Crippen molar-refractivity contribution in [3.8, 4) is 0 Å². The predicted molar refractivity (Wildman–Crippen MR) is 64.9 cm³/mol. The molecule has 1 fully saturated rings. The molecule has 2 N–H and O–H groups in total. The van der Waals surface area contributed by atoms with Crippen LogP contribution in [0.4, 0.5) is 0 Å². The number of aliphatic hydroxyl groups is 1. The summed E-state index contributed by atoms with van der Waals surface area (Å²) >= 11 is 0. The van der Waals surface area contributed by atoms with Gasteiger partial charge in [-0.05, 0) is 43.9 Å². The third kappa shape index (κ3) is 2.68. The van der Waals surface area contributed by atoms with E-state index in [4.69, 9.17) is 5.11 Å². The highest BCUT2D eigenvalue weighted by Gasteiger charge is 2.36. The number of hydrogen-bond acceptors (Lipinski definition) is 3. The molecule has 0 amide bonds. The van der Waals surface area contributed by atoms with Gasteiger partial charge in [0.05, 0.1) is 11.5 Å². The minimum atomic E-state index is -3.44. The van der Waals surface area contributed by atoms with Gasteiger partial charge in [-0.2, -0.15) is 0 Å². The van der Waals surface area contributed by atoms with E-state index in [0.29, 0.717) is 5.56 Å². The zero-order chi connectivity index (χ0) is 12.5. The second kappa shape index (κ2) is 4.40. The first-order chi connectivity index (χ1) is 7.95. The average molecular weight is 255 g/mol. The van der Waals surface area contributed by atoms with Crippen LogP contribution in [0.3, 0.4) is 0 Å². The molecule has 17 heavy (non-hydrogen) atoms. The molecule has 1 aromatic rings. The number of aliphatic hydroxyl groups excluding tert-OH is 1. The maximum atomic E-state index is 12.1. The minimum absolute atomic E-state index is 0.0779. The zero-order valence-electron chi connectivity index (χ0n) is 9.81. The molecule has 0 aliphatic heterocycles. The number of rotatable bonds is 4. The molecule has 1 aliphatic rings. The largest absolute Gasteiger partial charge is 0.392 e. The van der Waals surface area contributed by atoms with Crippen molar-refractivity contribution in [2.75, 3.05) is 0 Å². The Morgan fingerprint density at radius 1 is 1.29 bits per heavy atom. The van der Waals surface area contributed by atoms with Gasteiger partial charge in [-0.1, -0.05) is 12.1 Å². The van der Waals surface area contributed by atoms with E-state index in [9.17, 15) is 8.42 Å². The Morgan fingerprint density at radius 3 is 2.29 bits per heavy atom. The van der Waals surface area contributed by atoms with Gasteiger partial charge in [-0.15, -0.1) is 0 Å². The fraction of sp³-hybridized carbons (Fsp3) is 0.500. The molecule has 2 rings (SSSR count). The Labute approximate surface area is 102 Å². The lowest BCUT2D eigenvalue weighted by molar-refractivity contribution is 0.248. The quantitative estimate of drug-likeness (QED) is 0.854. The minimum Gasteiger partial charge on any atom is -0.392 e. The van der Waals surface area contributed by atoms with E-state index in [-0.39, 0.29) is 17.0 Å². The maximum absolute atomic E-state index is 12.1. The van der Waals surface area contributed by atoms with Crippen LogP contribution >= 0.6 is 0 Å². The van der Waals surface area contributed by atoms with E-state index in [0.717, 1.165) is 19.3 Å². The molecule has 1 aromatic carbocycles. The third-order valence-corrected chi connectivity index (χ3v) is 4.91. The first-order valence-corrected chi connectivity index (χ1v) is 7.17. The van der Waals surface area contributed by atoms with E-state index < -0.39 is 10.0 Å². The summed E-state index contributed by atoms with van der Waals surface area (Å²) in [4.78, 5) is 0.253. The SMILES string of the molecule is CC1(NS(=O)(=O)c2ccc(CO)cc2)CCC1. The van der Waals surface area contributed by atoms with Crippen LogP contribution in [0.1, 0.15) is 31.7 Å². The van der Waals surface area contributed by atoms with Gasteiger partial charge in [0.15, 0.2) is 0 Å². The van der Waals surface area contributed by atoms with E-state index in [1.54, 1.807) is 12.1 Å². The highest BCUT2D eigenvalue weighted by molar-refractivity contribution is 7.89. The molecule has 0 bridgehead atoms. The maximum Gasteiger partial charge on any atom is 0.241 e. The lowest BCUT2D eigenvalue weighted by atomic mass is 9.80. The van der Waals surface area contributed by atoms with Crippen LogP contribution in [0.15, 0.2) is 29.2 Å². The van der Waals surface area contributed by atoms with Gasteiger partial charge in [0, 0.05) is 5.54 Å². The van der Waals surface area contributed by atoms with Crippen LogP contribution in [0.25, 0.3) is 0 Å². The summed E-state index contributed by atoms with van der Waals surface area (Å²) in [5, 5.41) is 8.90. The van der Waals surface area contributed by atoms with Crippen molar-refractivity contribution in [2.24, 2.45) is 0 Å². The first-order valence-electron chi connectivity index (χ1n) is 5.69. The van der Waals surface area contributed by atoms with Crippen molar-refractivity contribution in [2.45, 2.75) is 43.2 Å². The number of sulfonamides is 1. The second-order valence-electron chi connectivity index (χ2n) is 4.82. The molecule has 5 heteroatoms. The Balaban J connectivity index is 2.19. The normalized spacial score (nSPS) is 18.7. The van der Waals surface area contributed by atoms with Crippen molar-refractivity contribution in [1.82, 2.24) is 4.72 Å². The van der Waals surface area contributed by atoms with Gasteiger partial charge in [-0.25, -0.2) is 13.1 Å². The molecule has 0 atom stereocenters. The molecule has 1 saturated carbocycles. The monoisotopic (exact) mass is 255 g/mol. The van der Waals surface area contributed by atoms with Crippen LogP contribution in [0, 0.1) is 0 Å². The van der Waals surface area contributed by atoms with E-state index in [1.807, 2.05) is 6.92 Å². The molecule has 94 valence electrons. The average Bonchev–Trinajstić information content (AvgIpc) is 2.26. The second-order valence-corrected chi connectivity index (χ2v) is 6.50. The standard InChI is InChI=1S/C12H17NO3S/c1-12(7-2-8-12)13-17(15,16)11-5-3-10(9-14)4-6-11/h3-6,13-14H,2,7-9H2,1H3.